The third-order valence-electron chi connectivity index (χ3n) is 1.93. The summed E-state index contributed by atoms with van der Waals surface area (Å²) in [5.41, 5.74) is 0.990. The van der Waals surface area contributed by atoms with E-state index in [1.807, 2.05) is 56.3 Å². The fourth-order valence-corrected chi connectivity index (χ4v) is 1.16. The summed E-state index contributed by atoms with van der Waals surface area (Å²) >= 11 is 5.20. The smallest absolute Gasteiger partial charge is 0.135 e. The van der Waals surface area contributed by atoms with Crippen molar-refractivity contribution in [2.45, 2.75) is 6.92 Å². The van der Waals surface area contributed by atoms with Crippen molar-refractivity contribution >= 4 is 23.0 Å². The first-order valence-corrected chi connectivity index (χ1v) is 4.84. The third kappa shape index (κ3) is 2.92. The highest BCUT2D eigenvalue weighted by Crippen LogP contribution is 2.02. The van der Waals surface area contributed by atoms with Crippen LogP contribution in [0.2, 0.25) is 0 Å². The molecule has 0 fully saturated rings. The van der Waals surface area contributed by atoms with Gasteiger partial charge in [0, 0.05) is 19.7 Å². The number of amidine groups is 1. The van der Waals surface area contributed by atoms with E-state index in [-0.39, 0.29) is 0 Å². The second-order valence-electron chi connectivity index (χ2n) is 3.22. The molecular weight excluding hydrogens is 193 g/mol. The molecule has 0 unspecified atom stereocenters. The van der Waals surface area contributed by atoms with Crippen molar-refractivity contribution in [3.05, 3.63) is 35.9 Å². The monoisotopic (exact) mass is 207 g/mol. The summed E-state index contributed by atoms with van der Waals surface area (Å²) in [6, 6.07) is 9.82. The lowest BCUT2D eigenvalue weighted by Crippen LogP contribution is -2.19. The minimum Gasteiger partial charge on any atom is -0.366 e. The molecule has 1 aromatic carbocycles. The molecule has 0 saturated carbocycles. The van der Waals surface area contributed by atoms with E-state index < -0.39 is 0 Å². The van der Waals surface area contributed by atoms with Gasteiger partial charge in [0.2, 0.25) is 0 Å². The molecule has 0 bridgehead atoms. The lowest BCUT2D eigenvalue weighted by molar-refractivity contribution is 0.620. The van der Waals surface area contributed by atoms with Crippen LogP contribution in [0.25, 0.3) is 0 Å². The van der Waals surface area contributed by atoms with Crippen molar-refractivity contribution in [1.29, 1.82) is 0 Å². The van der Waals surface area contributed by atoms with Crippen molar-refractivity contribution in [2.24, 2.45) is 4.99 Å². The van der Waals surface area contributed by atoms with Gasteiger partial charge in [-0.25, -0.2) is 4.99 Å². The maximum atomic E-state index is 5.20. The average Bonchev–Trinajstić information content (AvgIpc) is 2.19. The lowest BCUT2D eigenvalue weighted by Gasteiger charge is -2.11. The Morgan fingerprint density at radius 3 is 2.29 bits per heavy atom. The fraction of sp³-hybridized carbons (Fsp3) is 0.273. The van der Waals surface area contributed by atoms with Gasteiger partial charge in [-0.05, 0) is 6.92 Å². The Labute approximate surface area is 90.3 Å². The van der Waals surface area contributed by atoms with Crippen LogP contribution in [0.1, 0.15) is 12.5 Å². The first kappa shape index (κ1) is 10.9. The second-order valence-corrected chi connectivity index (χ2v) is 3.61. The highest BCUT2D eigenvalue weighted by molar-refractivity contribution is 7.80. The highest BCUT2D eigenvalue weighted by Gasteiger charge is 1.99. The Kier molecular flexibility index (Phi) is 3.77. The molecule has 14 heavy (non-hydrogen) atoms. The van der Waals surface area contributed by atoms with Gasteiger partial charge >= 0.3 is 0 Å². The van der Waals surface area contributed by atoms with Gasteiger partial charge in [0.1, 0.15) is 10.8 Å². The predicted molar refractivity (Wildman–Crippen MR) is 64.9 cm³/mol. The van der Waals surface area contributed by atoms with E-state index >= 15 is 0 Å². The molecule has 0 amide bonds. The van der Waals surface area contributed by atoms with E-state index in [2.05, 4.69) is 4.99 Å². The van der Waals surface area contributed by atoms with Crippen LogP contribution in [-0.4, -0.2) is 29.8 Å². The van der Waals surface area contributed by atoms with Crippen LogP contribution in [0, 0.1) is 0 Å². The molecule has 0 aromatic heterocycles. The fourth-order valence-electron chi connectivity index (χ4n) is 0.892. The Hall–Kier alpha value is -1.22. The first-order chi connectivity index (χ1) is 6.61. The molecule has 0 spiro atoms. The lowest BCUT2D eigenvalue weighted by atomic mass is 10.2. The van der Waals surface area contributed by atoms with Gasteiger partial charge in [-0.15, -0.1) is 0 Å². The number of aliphatic imine (C=N–C) groups is 1. The zero-order valence-corrected chi connectivity index (χ0v) is 9.51. The van der Waals surface area contributed by atoms with Crippen LogP contribution in [0.15, 0.2) is 35.3 Å². The SMILES string of the molecule is CC(=[15N]C(=S)c1ccccc1)N(C)C. The van der Waals surface area contributed by atoms with Gasteiger partial charge in [-0.2, -0.15) is 0 Å². The Bertz CT molecular complexity index is 342. The molecule has 74 valence electrons. The number of nitrogens with zero attached hydrogens (tertiary/aromatic N) is 2. The molecule has 0 aliphatic heterocycles. The van der Waals surface area contributed by atoms with Gasteiger partial charge < -0.3 is 4.90 Å². The summed E-state index contributed by atoms with van der Waals surface area (Å²) in [6.07, 6.45) is 0. The molecule has 3 heteroatoms. The van der Waals surface area contributed by atoms with Crippen molar-refractivity contribution in [3.63, 3.8) is 0 Å². The van der Waals surface area contributed by atoms with Gasteiger partial charge in [0.05, 0.1) is 0 Å². The van der Waals surface area contributed by atoms with Crippen molar-refractivity contribution < 1.29 is 0 Å². The Balaban J connectivity index is 2.83. The van der Waals surface area contributed by atoms with Crippen LogP contribution in [0.4, 0.5) is 0 Å². The number of hydrogen-bond acceptors (Lipinski definition) is 1. The van der Waals surface area contributed by atoms with Gasteiger partial charge in [-0.1, -0.05) is 42.5 Å². The first-order valence-electron chi connectivity index (χ1n) is 4.43. The molecule has 0 aliphatic rings. The molecule has 1 rings (SSSR count). The molecule has 0 N–H and O–H groups in total. The Morgan fingerprint density at radius 2 is 1.79 bits per heavy atom. The van der Waals surface area contributed by atoms with E-state index in [1.165, 1.54) is 0 Å². The maximum Gasteiger partial charge on any atom is 0.135 e. The van der Waals surface area contributed by atoms with Crippen molar-refractivity contribution in [3.8, 4) is 0 Å². The summed E-state index contributed by atoms with van der Waals surface area (Å²) in [7, 11) is 3.90. The maximum absolute atomic E-state index is 5.20. The van der Waals surface area contributed by atoms with Gasteiger partial charge in [0.25, 0.3) is 0 Å². The molecule has 0 heterocycles. The normalized spacial score (nSPS) is 11.2. The summed E-state index contributed by atoms with van der Waals surface area (Å²) in [5, 5.41) is 0. The van der Waals surface area contributed by atoms with E-state index in [1.54, 1.807) is 0 Å². The topological polar surface area (TPSA) is 15.6 Å². The van der Waals surface area contributed by atoms with E-state index in [0.29, 0.717) is 4.99 Å². The number of thiocarbonyl (C=S) groups is 1. The molecule has 0 atom stereocenters. The third-order valence-corrected chi connectivity index (χ3v) is 2.26. The largest absolute Gasteiger partial charge is 0.366 e. The van der Waals surface area contributed by atoms with E-state index in [9.17, 15) is 0 Å². The molecule has 0 aliphatic carbocycles. The van der Waals surface area contributed by atoms with Crippen molar-refractivity contribution in [2.75, 3.05) is 14.1 Å². The predicted octanol–water partition coefficient (Wildman–Crippen LogP) is 2.34. The van der Waals surface area contributed by atoms with E-state index in [0.717, 1.165) is 11.4 Å². The second kappa shape index (κ2) is 4.86. The quantitative estimate of drug-likeness (QED) is 0.304. The number of benzene rings is 1. The van der Waals surface area contributed by atoms with Gasteiger partial charge in [-0.3, -0.25) is 0 Å². The van der Waals surface area contributed by atoms with Crippen LogP contribution >= 0.6 is 12.2 Å². The standard InChI is InChI=1S/C11H14N2S/c1-9(13(2)3)12-11(14)10-7-5-4-6-8-10/h4-8H,1-3H3/i12+1. The average molecular weight is 207 g/mol. The van der Waals surface area contributed by atoms with E-state index in [4.69, 9.17) is 12.2 Å². The summed E-state index contributed by atoms with van der Waals surface area (Å²) in [4.78, 5) is 6.90. The zero-order valence-electron chi connectivity index (χ0n) is 8.69. The van der Waals surface area contributed by atoms with Crippen molar-refractivity contribution in [1.82, 2.24) is 4.90 Å². The summed E-state index contributed by atoms with van der Waals surface area (Å²) in [6.45, 7) is 1.94. The molecular formula is C11H14N2S. The minimum absolute atomic E-state index is 0.636. The number of hydrogen-bond donors (Lipinski definition) is 0. The minimum atomic E-state index is 0.636. The zero-order chi connectivity index (χ0) is 10.6. The van der Waals surface area contributed by atoms with Crippen LogP contribution in [0.5, 0.6) is 0 Å². The Morgan fingerprint density at radius 1 is 1.21 bits per heavy atom. The number of rotatable bonds is 1. The molecule has 0 saturated heterocycles. The van der Waals surface area contributed by atoms with Crippen LogP contribution < -0.4 is 0 Å². The van der Waals surface area contributed by atoms with Gasteiger partial charge in [0.15, 0.2) is 0 Å². The summed E-state index contributed by atoms with van der Waals surface area (Å²) in [5.74, 6) is 0.916. The van der Waals surface area contributed by atoms with Crippen LogP contribution in [0.3, 0.4) is 0 Å². The molecule has 2 nitrogen and oxygen atoms in total. The van der Waals surface area contributed by atoms with Crippen LogP contribution in [-0.2, 0) is 0 Å². The molecule has 0 radical (unpaired) electrons. The summed E-state index contributed by atoms with van der Waals surface area (Å²) < 4.78 is 0. The highest BCUT2D eigenvalue weighted by atomic mass is 32.1. The molecule has 1 aromatic rings.